The van der Waals surface area contributed by atoms with E-state index in [4.69, 9.17) is 0 Å². The van der Waals surface area contributed by atoms with Crippen LogP contribution in [-0.4, -0.2) is 17.0 Å². The number of hydrogen-bond acceptors (Lipinski definition) is 2. The molecule has 0 spiro atoms. The van der Waals surface area contributed by atoms with Crippen molar-refractivity contribution in [1.82, 2.24) is 0 Å². The van der Waals surface area contributed by atoms with Gasteiger partial charge in [0.25, 0.3) is 0 Å². The molecule has 1 N–H and O–H groups in total. The molecule has 1 atom stereocenters. The van der Waals surface area contributed by atoms with Gasteiger partial charge in [-0.25, -0.2) is 0 Å². The van der Waals surface area contributed by atoms with Crippen LogP contribution in [0.1, 0.15) is 37.0 Å². The van der Waals surface area contributed by atoms with Crippen molar-refractivity contribution in [3.05, 3.63) is 48.0 Å². The topological polar surface area (TPSA) is 37.3 Å². The van der Waals surface area contributed by atoms with Crippen molar-refractivity contribution in [2.75, 3.05) is 0 Å². The van der Waals surface area contributed by atoms with Gasteiger partial charge in [-0.3, -0.25) is 4.79 Å². The lowest BCUT2D eigenvalue weighted by Gasteiger charge is -2.13. The zero-order valence-corrected chi connectivity index (χ0v) is 11.5. The summed E-state index contributed by atoms with van der Waals surface area (Å²) in [6.45, 7) is 4.09. The second kappa shape index (κ2) is 5.98. The third-order valence-corrected chi connectivity index (χ3v) is 3.25. The van der Waals surface area contributed by atoms with E-state index in [-0.39, 0.29) is 12.2 Å². The Hall–Kier alpha value is -1.67. The molecule has 0 amide bonds. The first-order chi connectivity index (χ1) is 9.08. The van der Waals surface area contributed by atoms with Crippen LogP contribution in [0.15, 0.2) is 42.5 Å². The highest BCUT2D eigenvalue weighted by molar-refractivity contribution is 6.08. The van der Waals surface area contributed by atoms with Crippen LogP contribution in [0.25, 0.3) is 10.8 Å². The fraction of sp³-hybridized carbons (Fsp3) is 0.353. The van der Waals surface area contributed by atoms with E-state index in [1.807, 2.05) is 56.3 Å². The predicted molar refractivity (Wildman–Crippen MR) is 78.4 cm³/mol. The van der Waals surface area contributed by atoms with Crippen LogP contribution in [0.5, 0.6) is 0 Å². The van der Waals surface area contributed by atoms with Crippen LogP contribution in [-0.2, 0) is 0 Å². The number of ketones is 1. The molecule has 0 aliphatic carbocycles. The standard InChI is InChI=1S/C17H20O2/c1-12(2)10-14(18)11-17(19)16-9-5-7-13-6-3-4-8-15(13)16/h3-9,12,14,18H,10-11H2,1-2H3. The minimum Gasteiger partial charge on any atom is -0.393 e. The number of carbonyl (C=O) groups excluding carboxylic acids is 1. The van der Waals surface area contributed by atoms with Crippen LogP contribution >= 0.6 is 0 Å². The normalized spacial score (nSPS) is 12.8. The van der Waals surface area contributed by atoms with Gasteiger partial charge in [-0.15, -0.1) is 0 Å². The number of aliphatic hydroxyl groups excluding tert-OH is 1. The minimum absolute atomic E-state index is 0.0185. The maximum absolute atomic E-state index is 12.3. The quantitative estimate of drug-likeness (QED) is 0.826. The Morgan fingerprint density at radius 3 is 2.53 bits per heavy atom. The Bertz CT molecular complexity index is 567. The predicted octanol–water partition coefficient (Wildman–Crippen LogP) is 3.82. The summed E-state index contributed by atoms with van der Waals surface area (Å²) in [6, 6.07) is 13.6. The van der Waals surface area contributed by atoms with E-state index in [1.54, 1.807) is 0 Å². The summed E-state index contributed by atoms with van der Waals surface area (Å²) >= 11 is 0. The van der Waals surface area contributed by atoms with E-state index in [0.717, 1.165) is 10.8 Å². The molecule has 0 bridgehead atoms. The summed E-state index contributed by atoms with van der Waals surface area (Å²) in [5, 5.41) is 11.9. The summed E-state index contributed by atoms with van der Waals surface area (Å²) in [4.78, 5) is 12.3. The van der Waals surface area contributed by atoms with Gasteiger partial charge in [0, 0.05) is 12.0 Å². The van der Waals surface area contributed by atoms with Crippen molar-refractivity contribution >= 4 is 16.6 Å². The van der Waals surface area contributed by atoms with Crippen molar-refractivity contribution in [1.29, 1.82) is 0 Å². The highest BCUT2D eigenvalue weighted by Gasteiger charge is 2.15. The first kappa shape index (κ1) is 13.8. The van der Waals surface area contributed by atoms with Gasteiger partial charge in [-0.2, -0.15) is 0 Å². The van der Waals surface area contributed by atoms with E-state index in [0.29, 0.717) is 17.9 Å². The molecule has 0 saturated heterocycles. The van der Waals surface area contributed by atoms with Gasteiger partial charge in [0.1, 0.15) is 0 Å². The number of rotatable bonds is 5. The highest BCUT2D eigenvalue weighted by Crippen LogP contribution is 2.21. The van der Waals surface area contributed by atoms with Crippen molar-refractivity contribution in [2.24, 2.45) is 5.92 Å². The monoisotopic (exact) mass is 256 g/mol. The SMILES string of the molecule is CC(C)CC(O)CC(=O)c1cccc2ccccc12. The van der Waals surface area contributed by atoms with Crippen LogP contribution in [0.3, 0.4) is 0 Å². The number of benzene rings is 2. The lowest BCUT2D eigenvalue weighted by Crippen LogP contribution is -2.16. The summed E-state index contributed by atoms with van der Waals surface area (Å²) in [5.74, 6) is 0.417. The average molecular weight is 256 g/mol. The highest BCUT2D eigenvalue weighted by atomic mass is 16.3. The third-order valence-electron chi connectivity index (χ3n) is 3.25. The zero-order valence-electron chi connectivity index (χ0n) is 11.5. The first-order valence-electron chi connectivity index (χ1n) is 6.77. The molecule has 0 aliphatic heterocycles. The summed E-state index contributed by atoms with van der Waals surface area (Å²) < 4.78 is 0. The Balaban J connectivity index is 2.22. The molecule has 2 rings (SSSR count). The maximum Gasteiger partial charge on any atom is 0.166 e. The molecule has 19 heavy (non-hydrogen) atoms. The lowest BCUT2D eigenvalue weighted by atomic mass is 9.95. The molecule has 2 aromatic carbocycles. The second-order valence-electron chi connectivity index (χ2n) is 5.44. The molecule has 2 aromatic rings. The largest absolute Gasteiger partial charge is 0.393 e. The Labute approximate surface area is 114 Å². The molecule has 0 heterocycles. The van der Waals surface area contributed by atoms with Gasteiger partial charge >= 0.3 is 0 Å². The fourth-order valence-electron chi connectivity index (χ4n) is 2.42. The van der Waals surface area contributed by atoms with Crippen molar-refractivity contribution in [3.8, 4) is 0 Å². The van der Waals surface area contributed by atoms with E-state index in [2.05, 4.69) is 0 Å². The molecule has 0 aromatic heterocycles. The lowest BCUT2D eigenvalue weighted by molar-refractivity contribution is 0.0849. The van der Waals surface area contributed by atoms with Crippen LogP contribution in [0.2, 0.25) is 0 Å². The molecular weight excluding hydrogens is 236 g/mol. The molecule has 1 unspecified atom stereocenters. The smallest absolute Gasteiger partial charge is 0.166 e. The number of hydrogen-bond donors (Lipinski definition) is 1. The second-order valence-corrected chi connectivity index (χ2v) is 5.44. The van der Waals surface area contributed by atoms with Gasteiger partial charge in [-0.05, 0) is 23.1 Å². The summed E-state index contributed by atoms with van der Waals surface area (Å²) in [7, 11) is 0. The van der Waals surface area contributed by atoms with Gasteiger partial charge in [-0.1, -0.05) is 56.3 Å². The van der Waals surface area contributed by atoms with Crippen molar-refractivity contribution < 1.29 is 9.90 Å². The Morgan fingerprint density at radius 2 is 1.79 bits per heavy atom. The molecule has 0 aliphatic rings. The molecule has 2 heteroatoms. The van der Waals surface area contributed by atoms with Gasteiger partial charge in [0.2, 0.25) is 0 Å². The van der Waals surface area contributed by atoms with Gasteiger partial charge in [0.05, 0.1) is 6.10 Å². The van der Waals surface area contributed by atoms with E-state index in [1.165, 1.54) is 0 Å². The average Bonchev–Trinajstić information content (AvgIpc) is 2.36. The van der Waals surface area contributed by atoms with Crippen molar-refractivity contribution in [3.63, 3.8) is 0 Å². The molecule has 100 valence electrons. The minimum atomic E-state index is -0.550. The fourth-order valence-corrected chi connectivity index (χ4v) is 2.42. The Kier molecular flexibility index (Phi) is 4.33. The third kappa shape index (κ3) is 3.42. The molecule has 2 nitrogen and oxygen atoms in total. The number of aliphatic hydroxyl groups is 1. The molecule has 0 saturated carbocycles. The molecular formula is C17H20O2. The van der Waals surface area contributed by atoms with Crippen LogP contribution < -0.4 is 0 Å². The maximum atomic E-state index is 12.3. The summed E-state index contributed by atoms with van der Waals surface area (Å²) in [5.41, 5.74) is 0.709. The van der Waals surface area contributed by atoms with Crippen molar-refractivity contribution in [2.45, 2.75) is 32.8 Å². The number of carbonyl (C=O) groups is 1. The Morgan fingerprint density at radius 1 is 1.11 bits per heavy atom. The number of Topliss-reactive ketones (excluding diaryl/α,β-unsaturated/α-hetero) is 1. The first-order valence-corrected chi connectivity index (χ1v) is 6.77. The molecule has 0 fully saturated rings. The number of fused-ring (bicyclic) bond motifs is 1. The van der Waals surface area contributed by atoms with Gasteiger partial charge < -0.3 is 5.11 Å². The van der Waals surface area contributed by atoms with Crippen LogP contribution in [0.4, 0.5) is 0 Å². The molecule has 0 radical (unpaired) electrons. The van der Waals surface area contributed by atoms with Crippen LogP contribution in [0, 0.1) is 5.92 Å². The van der Waals surface area contributed by atoms with E-state index in [9.17, 15) is 9.90 Å². The van der Waals surface area contributed by atoms with Gasteiger partial charge in [0.15, 0.2) is 5.78 Å². The van der Waals surface area contributed by atoms with E-state index < -0.39 is 6.10 Å². The zero-order chi connectivity index (χ0) is 13.8. The summed E-state index contributed by atoms with van der Waals surface area (Å²) in [6.07, 6.45) is 0.314. The van der Waals surface area contributed by atoms with E-state index >= 15 is 0 Å².